The maximum absolute atomic E-state index is 10.9. The highest BCUT2D eigenvalue weighted by Gasteiger charge is 2.15. The van der Waals surface area contributed by atoms with Crippen LogP contribution in [-0.2, 0) is 0 Å². The summed E-state index contributed by atoms with van der Waals surface area (Å²) in [5.74, 6) is 0. The highest BCUT2D eigenvalue weighted by Crippen LogP contribution is 2.28. The van der Waals surface area contributed by atoms with E-state index in [0.717, 1.165) is 5.56 Å². The maximum atomic E-state index is 10.9. The summed E-state index contributed by atoms with van der Waals surface area (Å²) in [7, 11) is 0. The van der Waals surface area contributed by atoms with Gasteiger partial charge in [0.05, 0.1) is 16.2 Å². The number of aryl methyl sites for hydroxylation is 1. The molecule has 0 spiro atoms. The van der Waals surface area contributed by atoms with E-state index in [2.05, 4.69) is 4.98 Å². The number of nitro benzene ring substituents is 1. The molecular weight excluding hydrogens is 204 g/mol. The minimum atomic E-state index is -0.385. The fourth-order valence-electron chi connectivity index (χ4n) is 1.54. The molecule has 0 atom stereocenters. The van der Waals surface area contributed by atoms with Crippen molar-refractivity contribution >= 4 is 5.69 Å². The molecule has 0 N–H and O–H groups in total. The molecule has 2 aromatic rings. The maximum Gasteiger partial charge on any atom is 0.278 e. The monoisotopic (exact) mass is 214 g/mol. The number of hydrogen-bond acceptors (Lipinski definition) is 3. The van der Waals surface area contributed by atoms with E-state index in [0.29, 0.717) is 11.3 Å². The summed E-state index contributed by atoms with van der Waals surface area (Å²) in [6.45, 7) is 1.90. The number of rotatable bonds is 2. The van der Waals surface area contributed by atoms with Crippen molar-refractivity contribution < 1.29 is 4.92 Å². The van der Waals surface area contributed by atoms with Crippen molar-refractivity contribution in [1.29, 1.82) is 0 Å². The molecule has 0 saturated heterocycles. The molecule has 16 heavy (non-hydrogen) atoms. The van der Waals surface area contributed by atoms with Crippen LogP contribution < -0.4 is 0 Å². The van der Waals surface area contributed by atoms with Gasteiger partial charge in [0.25, 0.3) is 5.69 Å². The Morgan fingerprint density at radius 1 is 1.25 bits per heavy atom. The summed E-state index contributed by atoms with van der Waals surface area (Å²) in [5.41, 5.74) is 2.25. The van der Waals surface area contributed by atoms with Gasteiger partial charge in [-0.25, -0.2) is 0 Å². The first-order chi connectivity index (χ1) is 7.68. The van der Waals surface area contributed by atoms with Crippen LogP contribution >= 0.6 is 0 Å². The van der Waals surface area contributed by atoms with Crippen LogP contribution in [0.25, 0.3) is 11.3 Å². The van der Waals surface area contributed by atoms with Gasteiger partial charge in [0, 0.05) is 12.3 Å². The first-order valence-electron chi connectivity index (χ1n) is 4.85. The standard InChI is InChI=1S/C12H10N2O2/c1-9-5-6-12(14(15)16)10(8-9)11-4-2-3-7-13-11/h2-8H,1H3. The van der Waals surface area contributed by atoms with Crippen LogP contribution in [0.1, 0.15) is 5.56 Å². The summed E-state index contributed by atoms with van der Waals surface area (Å²) in [4.78, 5) is 14.6. The molecule has 1 aromatic carbocycles. The van der Waals surface area contributed by atoms with E-state index in [-0.39, 0.29) is 10.6 Å². The SMILES string of the molecule is Cc1ccc([N+](=O)[O-])c(-c2ccccn2)c1. The van der Waals surface area contributed by atoms with Gasteiger partial charge in [-0.3, -0.25) is 15.1 Å². The number of pyridine rings is 1. The van der Waals surface area contributed by atoms with E-state index < -0.39 is 0 Å². The van der Waals surface area contributed by atoms with Crippen molar-refractivity contribution in [3.05, 3.63) is 58.3 Å². The molecule has 4 heteroatoms. The first-order valence-corrected chi connectivity index (χ1v) is 4.85. The first kappa shape index (κ1) is 10.3. The third kappa shape index (κ3) is 1.91. The average molecular weight is 214 g/mol. The molecule has 0 aliphatic rings. The molecule has 80 valence electrons. The lowest BCUT2D eigenvalue weighted by molar-refractivity contribution is -0.384. The van der Waals surface area contributed by atoms with Crippen molar-refractivity contribution in [3.8, 4) is 11.3 Å². The Hall–Kier alpha value is -2.23. The van der Waals surface area contributed by atoms with E-state index in [4.69, 9.17) is 0 Å². The highest BCUT2D eigenvalue weighted by atomic mass is 16.6. The molecule has 4 nitrogen and oxygen atoms in total. The van der Waals surface area contributed by atoms with Gasteiger partial charge in [0.15, 0.2) is 0 Å². The molecule has 0 aliphatic heterocycles. The Morgan fingerprint density at radius 3 is 2.69 bits per heavy atom. The van der Waals surface area contributed by atoms with Gasteiger partial charge in [0.1, 0.15) is 0 Å². The predicted octanol–water partition coefficient (Wildman–Crippen LogP) is 2.97. The van der Waals surface area contributed by atoms with Crippen LogP contribution in [0.2, 0.25) is 0 Å². The summed E-state index contributed by atoms with van der Waals surface area (Å²) in [5, 5.41) is 10.9. The van der Waals surface area contributed by atoms with Crippen molar-refractivity contribution in [2.75, 3.05) is 0 Å². The predicted molar refractivity (Wildman–Crippen MR) is 61.1 cm³/mol. The molecule has 0 bridgehead atoms. The van der Waals surface area contributed by atoms with Gasteiger partial charge in [-0.05, 0) is 30.7 Å². The third-order valence-corrected chi connectivity index (χ3v) is 2.29. The molecule has 1 aromatic heterocycles. The summed E-state index contributed by atoms with van der Waals surface area (Å²) < 4.78 is 0. The minimum absolute atomic E-state index is 0.0873. The van der Waals surface area contributed by atoms with Gasteiger partial charge in [-0.1, -0.05) is 12.1 Å². The Morgan fingerprint density at radius 2 is 2.06 bits per heavy atom. The summed E-state index contributed by atoms with van der Waals surface area (Å²) in [6.07, 6.45) is 1.63. The lowest BCUT2D eigenvalue weighted by Crippen LogP contribution is -1.93. The topological polar surface area (TPSA) is 56.0 Å². The second-order valence-corrected chi connectivity index (χ2v) is 3.49. The Bertz CT molecular complexity index is 524. The zero-order valence-electron chi connectivity index (χ0n) is 8.75. The second-order valence-electron chi connectivity index (χ2n) is 3.49. The Labute approximate surface area is 92.7 Å². The van der Waals surface area contributed by atoms with Crippen LogP contribution in [0.4, 0.5) is 5.69 Å². The lowest BCUT2D eigenvalue weighted by atomic mass is 10.1. The van der Waals surface area contributed by atoms with Crippen molar-refractivity contribution in [1.82, 2.24) is 4.98 Å². The van der Waals surface area contributed by atoms with Crippen LogP contribution in [0.3, 0.4) is 0 Å². The molecule has 0 saturated carbocycles. The van der Waals surface area contributed by atoms with Gasteiger partial charge < -0.3 is 0 Å². The largest absolute Gasteiger partial charge is 0.278 e. The molecule has 0 aliphatic carbocycles. The van der Waals surface area contributed by atoms with Gasteiger partial charge in [0.2, 0.25) is 0 Å². The highest BCUT2D eigenvalue weighted by molar-refractivity contribution is 5.71. The molecule has 1 heterocycles. The van der Waals surface area contributed by atoms with Gasteiger partial charge in [-0.2, -0.15) is 0 Å². The van der Waals surface area contributed by atoms with Crippen LogP contribution in [0.15, 0.2) is 42.6 Å². The zero-order chi connectivity index (χ0) is 11.5. The number of aromatic nitrogens is 1. The van der Waals surface area contributed by atoms with Gasteiger partial charge >= 0.3 is 0 Å². The minimum Gasteiger partial charge on any atom is -0.258 e. The molecule has 0 fully saturated rings. The van der Waals surface area contributed by atoms with E-state index >= 15 is 0 Å². The van der Waals surface area contributed by atoms with E-state index in [1.165, 1.54) is 6.07 Å². The van der Waals surface area contributed by atoms with Crippen molar-refractivity contribution in [2.45, 2.75) is 6.92 Å². The average Bonchev–Trinajstić information content (AvgIpc) is 2.29. The number of benzene rings is 1. The second kappa shape index (κ2) is 4.10. The molecule has 0 radical (unpaired) electrons. The van der Waals surface area contributed by atoms with Crippen molar-refractivity contribution in [3.63, 3.8) is 0 Å². The summed E-state index contributed by atoms with van der Waals surface area (Å²) >= 11 is 0. The third-order valence-electron chi connectivity index (χ3n) is 2.29. The molecular formula is C12H10N2O2. The van der Waals surface area contributed by atoms with Crippen LogP contribution in [-0.4, -0.2) is 9.91 Å². The Balaban J connectivity index is 2.63. The van der Waals surface area contributed by atoms with Crippen molar-refractivity contribution in [2.24, 2.45) is 0 Å². The Kier molecular flexibility index (Phi) is 2.64. The van der Waals surface area contributed by atoms with E-state index in [9.17, 15) is 10.1 Å². The molecule has 0 unspecified atom stereocenters. The zero-order valence-corrected chi connectivity index (χ0v) is 8.75. The smallest absolute Gasteiger partial charge is 0.258 e. The summed E-state index contributed by atoms with van der Waals surface area (Å²) in [6, 6.07) is 10.4. The molecule has 2 rings (SSSR count). The van der Waals surface area contributed by atoms with Crippen LogP contribution in [0.5, 0.6) is 0 Å². The van der Waals surface area contributed by atoms with Crippen LogP contribution in [0, 0.1) is 17.0 Å². The van der Waals surface area contributed by atoms with E-state index in [1.54, 1.807) is 30.5 Å². The lowest BCUT2D eigenvalue weighted by Gasteiger charge is -2.03. The number of nitrogens with zero attached hydrogens (tertiary/aromatic N) is 2. The van der Waals surface area contributed by atoms with Gasteiger partial charge in [-0.15, -0.1) is 0 Å². The normalized spacial score (nSPS) is 10.1. The quantitative estimate of drug-likeness (QED) is 0.570. The fourth-order valence-corrected chi connectivity index (χ4v) is 1.54. The van der Waals surface area contributed by atoms with E-state index in [1.807, 2.05) is 13.0 Å². The molecule has 0 amide bonds. The number of nitro groups is 1. The number of hydrogen-bond donors (Lipinski definition) is 0. The fraction of sp³-hybridized carbons (Fsp3) is 0.0833.